The summed E-state index contributed by atoms with van der Waals surface area (Å²) < 4.78 is 31.2. The molecule has 0 aromatic carbocycles. The first-order valence-corrected chi connectivity index (χ1v) is 33.3. The Morgan fingerprint density at radius 3 is 0.461 bits per heavy atom. The van der Waals surface area contributed by atoms with Crippen molar-refractivity contribution in [3.05, 3.63) is 0 Å². The second-order valence-corrected chi connectivity index (χ2v) is 28.6. The molecule has 0 rings (SSSR count). The van der Waals surface area contributed by atoms with Gasteiger partial charge in [0, 0.05) is 36.3 Å². The molecule has 18 heteroatoms. The lowest BCUT2D eigenvalue weighted by Gasteiger charge is -2.24. The van der Waals surface area contributed by atoms with Gasteiger partial charge in [0.25, 0.3) is 0 Å². The van der Waals surface area contributed by atoms with Gasteiger partial charge in [0.05, 0.1) is 36.6 Å². The van der Waals surface area contributed by atoms with Crippen LogP contribution in [0.4, 0.5) is 0 Å². The molecule has 89 heavy (non-hydrogen) atoms. The zero-order chi connectivity index (χ0) is 69.9. The Morgan fingerprint density at radius 1 is 0.225 bits per heavy atom. The van der Waals surface area contributed by atoms with E-state index in [4.69, 9.17) is 28.4 Å². The van der Waals surface area contributed by atoms with Crippen molar-refractivity contribution in [1.82, 2.24) is 31.9 Å². The minimum Gasteiger partial charge on any atom is -0.462 e. The summed E-state index contributed by atoms with van der Waals surface area (Å²) in [5.74, 6) is 1.38. The number of carbonyl (C=O) groups is 6. The summed E-state index contributed by atoms with van der Waals surface area (Å²) in [5.41, 5.74) is 0. The van der Waals surface area contributed by atoms with Crippen LogP contribution >= 0.6 is 0 Å². The number of nitrogens with one attached hydrogen (secondary N) is 6. The fraction of sp³-hybridized carbons (Fsp3) is 0.915. The average molecular weight is 1280 g/mol. The van der Waals surface area contributed by atoms with Crippen LogP contribution in [0.3, 0.4) is 0 Å². The highest BCUT2D eigenvalue weighted by Gasteiger charge is 2.29. The lowest BCUT2D eigenvalue weighted by Crippen LogP contribution is -2.46. The Balaban J connectivity index is -0.000000147. The van der Waals surface area contributed by atoms with Crippen molar-refractivity contribution in [3.8, 4) is 0 Å². The summed E-state index contributed by atoms with van der Waals surface area (Å²) in [6, 6.07) is 0.668. The first-order chi connectivity index (χ1) is 39.5. The topological polar surface area (TPSA) is 230 Å². The Morgan fingerprint density at radius 2 is 0.360 bits per heavy atom. The Kier molecular flexibility index (Phi) is 65.4. The van der Waals surface area contributed by atoms with Crippen molar-refractivity contribution in [1.29, 1.82) is 0 Å². The molecule has 2 unspecified atom stereocenters. The van der Waals surface area contributed by atoms with Gasteiger partial charge in [0.1, 0.15) is 36.3 Å². The molecule has 6 N–H and O–H groups in total. The normalized spacial score (nSPS) is 13.4. The number of ether oxygens (including phenoxy) is 6. The molecule has 0 aromatic rings. The summed E-state index contributed by atoms with van der Waals surface area (Å²) in [6.45, 7) is 71.6. The summed E-state index contributed by atoms with van der Waals surface area (Å²) in [4.78, 5) is 70.2. The van der Waals surface area contributed by atoms with E-state index in [1.807, 2.05) is 208 Å². The van der Waals surface area contributed by atoms with E-state index in [-0.39, 0.29) is 141 Å². The summed E-state index contributed by atoms with van der Waals surface area (Å²) in [6.07, 6.45) is 2.22. The molecule has 0 saturated heterocycles. The number of esters is 6. The van der Waals surface area contributed by atoms with Gasteiger partial charge in [-0.25, -0.2) is 0 Å². The lowest BCUT2D eigenvalue weighted by atomic mass is 10.0. The zero-order valence-corrected chi connectivity index (χ0v) is 62.9. The minimum absolute atomic E-state index is 0. The highest BCUT2D eigenvalue weighted by atomic mass is 16.6. The van der Waals surface area contributed by atoms with E-state index in [9.17, 15) is 28.8 Å². The molecule has 0 aliphatic rings. The van der Waals surface area contributed by atoms with Gasteiger partial charge >= 0.3 is 35.8 Å². The Hall–Kier alpha value is -3.42. The van der Waals surface area contributed by atoms with Crippen LogP contribution < -0.4 is 31.9 Å². The second kappa shape index (κ2) is 57.3. The maximum Gasteiger partial charge on any atom is 0.323 e. The maximum absolute atomic E-state index is 11.7. The summed E-state index contributed by atoms with van der Waals surface area (Å²) >= 11 is 0. The van der Waals surface area contributed by atoms with E-state index in [1.165, 1.54) is 0 Å². The molecule has 0 fully saturated rings. The summed E-state index contributed by atoms with van der Waals surface area (Å²) in [7, 11) is 0. The second-order valence-electron chi connectivity index (χ2n) is 28.6. The smallest absolute Gasteiger partial charge is 0.323 e. The molecule has 0 amide bonds. The molecule has 0 aliphatic heterocycles. The molecule has 0 radical (unpaired) electrons. The quantitative estimate of drug-likeness (QED) is 0.0265. The molecule has 538 valence electrons. The van der Waals surface area contributed by atoms with Gasteiger partial charge in [-0.2, -0.15) is 0 Å². The SMILES string of the molecule is C.C.CC(C)CC(NC(C)C)C(=O)OC(C)C.CC(C)C[C@@H](NC(C)C)C(=O)OC(C)C.CC(C)C[C@H](NC(C)C)C(=O)OC(C)C.CC(C)NC(C(=O)OC(C)C)C(C)C.CC(C)N[C@@H](C(=O)OC(C)C)C(C)C.CC(C)N[C@H](C(=O)OC(C)C)C(C)C. The molecular formula is C71H152N6O12. The van der Waals surface area contributed by atoms with Gasteiger partial charge in [-0.1, -0.05) is 181 Å². The fourth-order valence-electron chi connectivity index (χ4n) is 7.85. The van der Waals surface area contributed by atoms with Crippen molar-refractivity contribution in [2.45, 2.75) is 392 Å². The maximum atomic E-state index is 11.7. The number of hydrogen-bond donors (Lipinski definition) is 6. The largest absolute Gasteiger partial charge is 0.462 e. The van der Waals surface area contributed by atoms with E-state index >= 15 is 0 Å². The monoisotopic (exact) mass is 1280 g/mol. The highest BCUT2D eigenvalue weighted by Crippen LogP contribution is 2.13. The minimum atomic E-state index is -0.197. The first-order valence-electron chi connectivity index (χ1n) is 33.3. The lowest BCUT2D eigenvalue weighted by molar-refractivity contribution is -0.152. The first kappa shape index (κ1) is 102. The van der Waals surface area contributed by atoms with Crippen molar-refractivity contribution in [2.24, 2.45) is 35.5 Å². The molecule has 0 bridgehead atoms. The van der Waals surface area contributed by atoms with E-state index in [1.54, 1.807) is 0 Å². The predicted molar refractivity (Wildman–Crippen MR) is 376 cm³/mol. The average Bonchev–Trinajstić information content (AvgIpc) is 3.54. The Labute approximate surface area is 550 Å². The van der Waals surface area contributed by atoms with Gasteiger partial charge in [-0.15, -0.1) is 0 Å². The van der Waals surface area contributed by atoms with Crippen LogP contribution in [-0.2, 0) is 57.2 Å². The van der Waals surface area contributed by atoms with Gasteiger partial charge in [-0.3, -0.25) is 28.8 Å². The molecule has 0 saturated carbocycles. The van der Waals surface area contributed by atoms with Crippen molar-refractivity contribution in [3.63, 3.8) is 0 Å². The molecule has 0 aromatic heterocycles. The van der Waals surface area contributed by atoms with Crippen molar-refractivity contribution in [2.75, 3.05) is 0 Å². The van der Waals surface area contributed by atoms with Crippen LogP contribution in [0.15, 0.2) is 0 Å². The van der Waals surface area contributed by atoms with Gasteiger partial charge in [0.2, 0.25) is 0 Å². The molecule has 0 spiro atoms. The third kappa shape index (κ3) is 67.3. The fourth-order valence-corrected chi connectivity index (χ4v) is 7.85. The van der Waals surface area contributed by atoms with Crippen molar-refractivity contribution >= 4 is 35.8 Å². The van der Waals surface area contributed by atoms with E-state index in [0.29, 0.717) is 54.0 Å². The van der Waals surface area contributed by atoms with Crippen LogP contribution in [0.25, 0.3) is 0 Å². The van der Waals surface area contributed by atoms with Crippen LogP contribution in [0, 0.1) is 35.5 Å². The third-order valence-corrected chi connectivity index (χ3v) is 11.0. The molecule has 18 nitrogen and oxygen atoms in total. The number of carbonyl (C=O) groups excluding carboxylic acids is 6. The van der Waals surface area contributed by atoms with Gasteiger partial charge in [-0.05, 0) is 138 Å². The Bertz CT molecular complexity index is 1500. The molecular weight excluding hydrogens is 1130 g/mol. The van der Waals surface area contributed by atoms with E-state index < -0.39 is 0 Å². The standard InChI is InChI=1S/3C12H25NO2.3C11H23NO2.2CH4/c3*1-8(2)7-11(13-9(3)4)12(14)15-10(5)6;3*1-7(2)10(12-8(3)4)11(13)14-9(5)6;;/h3*8-11,13H,7H2,1-6H3;3*7-10,12H,1-6H3;2*1H4/t2*11-;;2*10-;;;/m10.10.../s1. The van der Waals surface area contributed by atoms with Crippen LogP contribution in [0.2, 0.25) is 0 Å². The summed E-state index contributed by atoms with van der Waals surface area (Å²) in [5, 5.41) is 19.4. The molecule has 6 atom stereocenters. The predicted octanol–water partition coefficient (Wildman–Crippen LogP) is 14.2. The van der Waals surface area contributed by atoms with E-state index in [2.05, 4.69) is 73.4 Å². The zero-order valence-electron chi connectivity index (χ0n) is 62.9. The third-order valence-electron chi connectivity index (χ3n) is 11.0. The number of rotatable bonds is 33. The molecule has 0 aliphatic carbocycles. The van der Waals surface area contributed by atoms with Crippen LogP contribution in [-0.4, -0.2) is 145 Å². The van der Waals surface area contributed by atoms with Gasteiger partial charge in [0.15, 0.2) is 0 Å². The van der Waals surface area contributed by atoms with Crippen LogP contribution in [0.5, 0.6) is 0 Å². The van der Waals surface area contributed by atoms with E-state index in [0.717, 1.165) is 19.3 Å². The highest BCUT2D eigenvalue weighted by molar-refractivity contribution is 5.78. The van der Waals surface area contributed by atoms with Crippen molar-refractivity contribution < 1.29 is 57.2 Å². The molecule has 0 heterocycles. The number of hydrogen-bond acceptors (Lipinski definition) is 18. The van der Waals surface area contributed by atoms with Crippen LogP contribution in [0.1, 0.15) is 283 Å². The van der Waals surface area contributed by atoms with Gasteiger partial charge < -0.3 is 60.3 Å².